The van der Waals surface area contributed by atoms with E-state index in [1.165, 1.54) is 6.07 Å². The van der Waals surface area contributed by atoms with Crippen molar-refractivity contribution in [1.29, 1.82) is 0 Å². The van der Waals surface area contributed by atoms with Crippen molar-refractivity contribution in [3.05, 3.63) is 35.1 Å². The first-order valence-corrected chi connectivity index (χ1v) is 7.36. The number of nitrogens with zero attached hydrogens (tertiary/aromatic N) is 1. The van der Waals surface area contributed by atoms with Crippen molar-refractivity contribution in [3.8, 4) is 11.8 Å². The van der Waals surface area contributed by atoms with Gasteiger partial charge in [0.1, 0.15) is 5.82 Å². The Labute approximate surface area is 125 Å². The zero-order chi connectivity index (χ0) is 15.1. The number of benzene rings is 1. The molecule has 0 aromatic heterocycles. The summed E-state index contributed by atoms with van der Waals surface area (Å²) >= 11 is 0. The van der Waals surface area contributed by atoms with Crippen LogP contribution in [0.25, 0.3) is 0 Å². The van der Waals surface area contributed by atoms with E-state index in [0.717, 1.165) is 31.6 Å². The van der Waals surface area contributed by atoms with E-state index in [2.05, 4.69) is 23.8 Å². The Hall–Kier alpha value is -1.41. The fourth-order valence-electron chi connectivity index (χ4n) is 2.58. The molecule has 3 nitrogen and oxygen atoms in total. The van der Waals surface area contributed by atoms with Gasteiger partial charge in [-0.3, -0.25) is 4.90 Å². The zero-order valence-corrected chi connectivity index (χ0v) is 12.4. The summed E-state index contributed by atoms with van der Waals surface area (Å²) in [7, 11) is 2.07. The standard InChI is InChI=1S/C17H22FNO2/c1-19(17-5-8-21-9-6-17)13-15-10-14(4-2-3-7-20)11-16(18)12-15/h10-12,17,20H,3,5-9,13H2,1H3. The van der Waals surface area contributed by atoms with Crippen LogP contribution in [0.2, 0.25) is 0 Å². The van der Waals surface area contributed by atoms with Gasteiger partial charge in [-0.15, -0.1) is 0 Å². The third-order valence-electron chi connectivity index (χ3n) is 3.67. The van der Waals surface area contributed by atoms with Gasteiger partial charge in [-0.2, -0.15) is 0 Å². The first kappa shape index (κ1) is 16.0. The van der Waals surface area contributed by atoms with Crippen LogP contribution in [0, 0.1) is 17.7 Å². The summed E-state index contributed by atoms with van der Waals surface area (Å²) in [6.07, 6.45) is 2.46. The number of ether oxygens (including phenoxy) is 1. The Morgan fingerprint density at radius 1 is 1.33 bits per heavy atom. The van der Waals surface area contributed by atoms with Gasteiger partial charge >= 0.3 is 0 Å². The zero-order valence-electron chi connectivity index (χ0n) is 12.4. The van der Waals surface area contributed by atoms with E-state index >= 15 is 0 Å². The monoisotopic (exact) mass is 291 g/mol. The summed E-state index contributed by atoms with van der Waals surface area (Å²) in [6, 6.07) is 5.41. The number of hydrogen-bond donors (Lipinski definition) is 1. The topological polar surface area (TPSA) is 32.7 Å². The molecular formula is C17H22FNO2. The molecule has 0 saturated carbocycles. The second kappa shape index (κ2) is 8.14. The van der Waals surface area contributed by atoms with Crippen LogP contribution in [-0.2, 0) is 11.3 Å². The van der Waals surface area contributed by atoms with Crippen molar-refractivity contribution in [2.45, 2.75) is 31.8 Å². The molecule has 0 radical (unpaired) electrons. The van der Waals surface area contributed by atoms with E-state index in [1.807, 2.05) is 6.07 Å². The maximum atomic E-state index is 13.7. The molecule has 0 bridgehead atoms. The SMILES string of the molecule is CN(Cc1cc(F)cc(C#CCCO)c1)C1CCOCC1. The summed E-state index contributed by atoms with van der Waals surface area (Å²) in [5.41, 5.74) is 1.59. The van der Waals surface area contributed by atoms with E-state index in [0.29, 0.717) is 24.6 Å². The average molecular weight is 291 g/mol. The Balaban J connectivity index is 2.03. The minimum Gasteiger partial charge on any atom is -0.395 e. The van der Waals surface area contributed by atoms with Gasteiger partial charge in [-0.25, -0.2) is 4.39 Å². The lowest BCUT2D eigenvalue weighted by Gasteiger charge is -2.31. The molecule has 1 N–H and O–H groups in total. The normalized spacial score (nSPS) is 15.8. The van der Waals surface area contributed by atoms with Crippen LogP contribution in [0.3, 0.4) is 0 Å². The number of rotatable bonds is 4. The van der Waals surface area contributed by atoms with Gasteiger partial charge in [-0.1, -0.05) is 11.8 Å². The summed E-state index contributed by atoms with van der Waals surface area (Å²) in [5.74, 6) is 5.45. The smallest absolute Gasteiger partial charge is 0.124 e. The van der Waals surface area contributed by atoms with E-state index in [9.17, 15) is 4.39 Å². The van der Waals surface area contributed by atoms with Gasteiger partial charge in [0.25, 0.3) is 0 Å². The number of halogens is 1. The largest absolute Gasteiger partial charge is 0.395 e. The van der Waals surface area contributed by atoms with E-state index in [1.54, 1.807) is 6.07 Å². The van der Waals surface area contributed by atoms with Gasteiger partial charge in [-0.05, 0) is 43.7 Å². The van der Waals surface area contributed by atoms with Crippen molar-refractivity contribution in [1.82, 2.24) is 4.90 Å². The van der Waals surface area contributed by atoms with Crippen LogP contribution in [-0.4, -0.2) is 42.9 Å². The first-order chi connectivity index (χ1) is 10.2. The number of aliphatic hydroxyl groups is 1. The molecule has 1 fully saturated rings. The molecule has 1 aromatic rings. The third kappa shape index (κ3) is 5.13. The summed E-state index contributed by atoms with van der Waals surface area (Å²) in [6.45, 7) is 2.34. The first-order valence-electron chi connectivity index (χ1n) is 7.36. The highest BCUT2D eigenvalue weighted by Crippen LogP contribution is 2.17. The molecule has 0 unspecified atom stereocenters. The molecule has 1 aromatic carbocycles. The molecule has 0 spiro atoms. The van der Waals surface area contributed by atoms with Gasteiger partial charge in [0.05, 0.1) is 6.61 Å². The second-order valence-corrected chi connectivity index (χ2v) is 5.38. The summed E-state index contributed by atoms with van der Waals surface area (Å²) in [4.78, 5) is 2.25. The van der Waals surface area contributed by atoms with Crippen LogP contribution >= 0.6 is 0 Å². The van der Waals surface area contributed by atoms with Gasteiger partial charge in [0, 0.05) is 37.8 Å². The van der Waals surface area contributed by atoms with Crippen molar-refractivity contribution in [2.75, 3.05) is 26.9 Å². The van der Waals surface area contributed by atoms with Crippen molar-refractivity contribution in [2.24, 2.45) is 0 Å². The molecule has 21 heavy (non-hydrogen) atoms. The maximum absolute atomic E-state index is 13.7. The predicted octanol–water partition coefficient (Wildman–Crippen LogP) is 2.17. The fourth-order valence-corrected chi connectivity index (χ4v) is 2.58. The fraction of sp³-hybridized carbons (Fsp3) is 0.529. The molecule has 0 atom stereocenters. The second-order valence-electron chi connectivity index (χ2n) is 5.38. The lowest BCUT2D eigenvalue weighted by atomic mass is 10.1. The highest BCUT2D eigenvalue weighted by Gasteiger charge is 2.18. The van der Waals surface area contributed by atoms with E-state index < -0.39 is 0 Å². The highest BCUT2D eigenvalue weighted by atomic mass is 19.1. The molecule has 0 aliphatic carbocycles. The third-order valence-corrected chi connectivity index (χ3v) is 3.67. The molecule has 0 amide bonds. The van der Waals surface area contributed by atoms with Crippen molar-refractivity contribution >= 4 is 0 Å². The molecule has 1 aliphatic rings. The quantitative estimate of drug-likeness (QED) is 0.863. The Morgan fingerprint density at radius 3 is 2.81 bits per heavy atom. The summed E-state index contributed by atoms with van der Waals surface area (Å²) in [5, 5.41) is 8.72. The molecule has 1 saturated heterocycles. The van der Waals surface area contributed by atoms with Crippen LogP contribution in [0.15, 0.2) is 18.2 Å². The Bertz CT molecular complexity index is 515. The molecule has 114 valence electrons. The molecule has 2 rings (SSSR count). The van der Waals surface area contributed by atoms with Gasteiger partial charge < -0.3 is 9.84 Å². The lowest BCUT2D eigenvalue weighted by Crippen LogP contribution is -2.36. The average Bonchev–Trinajstić information content (AvgIpc) is 2.48. The van der Waals surface area contributed by atoms with Crippen molar-refractivity contribution < 1.29 is 14.2 Å². The van der Waals surface area contributed by atoms with Crippen LogP contribution in [0.5, 0.6) is 0 Å². The minimum atomic E-state index is -0.263. The van der Waals surface area contributed by atoms with Crippen LogP contribution < -0.4 is 0 Å². The van der Waals surface area contributed by atoms with Crippen molar-refractivity contribution in [3.63, 3.8) is 0 Å². The lowest BCUT2D eigenvalue weighted by molar-refractivity contribution is 0.0406. The van der Waals surface area contributed by atoms with Crippen LogP contribution in [0.4, 0.5) is 4.39 Å². The van der Waals surface area contributed by atoms with Gasteiger partial charge in [0.15, 0.2) is 0 Å². The number of aliphatic hydroxyl groups excluding tert-OH is 1. The molecular weight excluding hydrogens is 269 g/mol. The summed E-state index contributed by atoms with van der Waals surface area (Å²) < 4.78 is 19.0. The predicted molar refractivity (Wildman–Crippen MR) is 80.3 cm³/mol. The van der Waals surface area contributed by atoms with E-state index in [4.69, 9.17) is 9.84 Å². The molecule has 4 heteroatoms. The maximum Gasteiger partial charge on any atom is 0.124 e. The molecule has 1 aliphatic heterocycles. The highest BCUT2D eigenvalue weighted by molar-refractivity contribution is 5.37. The number of hydrogen-bond acceptors (Lipinski definition) is 3. The Morgan fingerprint density at radius 2 is 2.10 bits per heavy atom. The van der Waals surface area contributed by atoms with Gasteiger partial charge in [0.2, 0.25) is 0 Å². The molecule has 1 heterocycles. The van der Waals surface area contributed by atoms with Crippen LogP contribution in [0.1, 0.15) is 30.4 Å². The Kier molecular flexibility index (Phi) is 6.19. The minimum absolute atomic E-state index is 0.0294. The van der Waals surface area contributed by atoms with E-state index in [-0.39, 0.29) is 12.4 Å².